The Labute approximate surface area is 232 Å². The van der Waals surface area contributed by atoms with Crippen molar-refractivity contribution in [3.63, 3.8) is 0 Å². The number of carbonyl (C=O) groups is 1. The second kappa shape index (κ2) is 11.9. The third-order valence-electron chi connectivity index (χ3n) is 6.33. The van der Waals surface area contributed by atoms with Gasteiger partial charge in [-0.1, -0.05) is 36.0 Å². The average molecular weight is 557 g/mol. The maximum Gasteiger partial charge on any atom is 0.256 e. The summed E-state index contributed by atoms with van der Waals surface area (Å²) < 4.78 is 28.7. The summed E-state index contributed by atoms with van der Waals surface area (Å²) in [6.45, 7) is 0.194. The number of ether oxygens (including phenoxy) is 5. The van der Waals surface area contributed by atoms with E-state index in [9.17, 15) is 4.79 Å². The maximum absolute atomic E-state index is 14.0. The monoisotopic (exact) mass is 556 g/mol. The summed E-state index contributed by atoms with van der Waals surface area (Å²) in [7, 11) is 6.26. The zero-order valence-electron chi connectivity index (χ0n) is 21.5. The van der Waals surface area contributed by atoms with Gasteiger partial charge in [0.05, 0.1) is 45.7 Å². The van der Waals surface area contributed by atoms with E-state index in [1.54, 1.807) is 63.7 Å². The first-order valence-corrected chi connectivity index (χ1v) is 12.6. The zero-order chi connectivity index (χ0) is 27.4. The van der Waals surface area contributed by atoms with Gasteiger partial charge in [-0.15, -0.1) is 0 Å². The van der Waals surface area contributed by atoms with Gasteiger partial charge < -0.3 is 34.3 Å². The highest BCUT2D eigenvalue weighted by Crippen LogP contribution is 2.45. The summed E-state index contributed by atoms with van der Waals surface area (Å²) in [4.78, 5) is 15.8. The molecule has 2 atom stereocenters. The number of benzene rings is 3. The van der Waals surface area contributed by atoms with Gasteiger partial charge in [0.1, 0.15) is 23.7 Å². The van der Waals surface area contributed by atoms with E-state index >= 15 is 0 Å². The van der Waals surface area contributed by atoms with Crippen molar-refractivity contribution < 1.29 is 28.5 Å². The Hall–Kier alpha value is -3.53. The van der Waals surface area contributed by atoms with Gasteiger partial charge >= 0.3 is 0 Å². The smallest absolute Gasteiger partial charge is 0.256 e. The number of thiocarbonyl (C=S) groups is 1. The molecule has 0 bridgehead atoms. The van der Waals surface area contributed by atoms with Gasteiger partial charge in [0, 0.05) is 34.2 Å². The first kappa shape index (κ1) is 27.5. The van der Waals surface area contributed by atoms with Crippen molar-refractivity contribution in [1.29, 1.82) is 0 Å². The number of hydrogen-bond acceptors (Lipinski definition) is 7. The number of halogens is 1. The molecule has 3 aromatic carbocycles. The molecule has 10 heteroatoms. The SMILES string of the molecule is COc1ccc(CN2C(=O)[C@H](CC(N)=S)O[C@@H](c3cccc(OC)c3OC)c3cc(Cl)ccc32)c(OC)c1. The van der Waals surface area contributed by atoms with Gasteiger partial charge in [-0.25, -0.2) is 0 Å². The summed E-state index contributed by atoms with van der Waals surface area (Å²) in [5.74, 6) is 1.93. The minimum Gasteiger partial charge on any atom is -0.497 e. The third-order valence-corrected chi connectivity index (χ3v) is 6.73. The van der Waals surface area contributed by atoms with Crippen molar-refractivity contribution in [2.45, 2.75) is 25.2 Å². The Balaban J connectivity index is 1.91. The fourth-order valence-electron chi connectivity index (χ4n) is 4.56. The topological polar surface area (TPSA) is 92.5 Å². The molecule has 200 valence electrons. The molecular formula is C28H29ClN2O6S. The molecule has 3 aromatic rings. The lowest BCUT2D eigenvalue weighted by molar-refractivity contribution is -0.131. The number of amides is 1. The van der Waals surface area contributed by atoms with Gasteiger partial charge in [0.15, 0.2) is 11.5 Å². The standard InChI is InChI=1S/C28H29ClN2O6S/c1-33-18-10-8-16(23(13-18)35-3)15-31-21-11-9-17(29)12-20(21)26(37-24(28(31)32)14-25(30)38)19-6-5-7-22(34-2)27(19)36-4/h5-13,24,26H,14-15H2,1-4H3,(H2,30,38)/t24-,26-/m0/s1. The largest absolute Gasteiger partial charge is 0.497 e. The lowest BCUT2D eigenvalue weighted by Crippen LogP contribution is -2.40. The minimum absolute atomic E-state index is 0.0505. The van der Waals surface area contributed by atoms with E-state index in [0.29, 0.717) is 44.8 Å². The lowest BCUT2D eigenvalue weighted by atomic mass is 9.97. The highest BCUT2D eigenvalue weighted by molar-refractivity contribution is 7.80. The minimum atomic E-state index is -0.969. The molecule has 1 aliphatic rings. The molecule has 1 heterocycles. The molecular weight excluding hydrogens is 528 g/mol. The van der Waals surface area contributed by atoms with Crippen molar-refractivity contribution in [2.75, 3.05) is 33.3 Å². The first-order valence-electron chi connectivity index (χ1n) is 11.8. The summed E-state index contributed by atoms with van der Waals surface area (Å²) in [6, 6.07) is 16.3. The number of hydrogen-bond donors (Lipinski definition) is 1. The first-order chi connectivity index (χ1) is 18.3. The number of methoxy groups -OCH3 is 4. The summed E-state index contributed by atoms with van der Waals surface area (Å²) in [6.07, 6.45) is -1.65. The fraction of sp³-hybridized carbons (Fsp3) is 0.286. The number of nitrogens with two attached hydrogens (primary N) is 1. The van der Waals surface area contributed by atoms with Crippen molar-refractivity contribution in [3.8, 4) is 23.0 Å². The van der Waals surface area contributed by atoms with Crippen LogP contribution in [0.25, 0.3) is 0 Å². The molecule has 1 amide bonds. The molecule has 2 N–H and O–H groups in total. The van der Waals surface area contributed by atoms with Gasteiger partial charge in [0.2, 0.25) is 0 Å². The van der Waals surface area contributed by atoms with Gasteiger partial charge in [-0.2, -0.15) is 0 Å². The van der Waals surface area contributed by atoms with Crippen molar-refractivity contribution >= 4 is 40.4 Å². The predicted molar refractivity (Wildman–Crippen MR) is 150 cm³/mol. The van der Waals surface area contributed by atoms with Crippen LogP contribution in [0.15, 0.2) is 54.6 Å². The lowest BCUT2D eigenvalue weighted by Gasteiger charge is -2.26. The molecule has 0 aromatic heterocycles. The Morgan fingerprint density at radius 3 is 2.39 bits per heavy atom. The van der Waals surface area contributed by atoms with E-state index in [0.717, 1.165) is 5.56 Å². The molecule has 1 aliphatic heterocycles. The highest BCUT2D eigenvalue weighted by atomic mass is 35.5. The van der Waals surface area contributed by atoms with E-state index in [4.69, 9.17) is 53.2 Å². The molecule has 0 aliphatic carbocycles. The van der Waals surface area contributed by atoms with Crippen LogP contribution >= 0.6 is 23.8 Å². The molecule has 38 heavy (non-hydrogen) atoms. The van der Waals surface area contributed by atoms with Crippen LogP contribution in [0.1, 0.15) is 29.2 Å². The summed E-state index contributed by atoms with van der Waals surface area (Å²) >= 11 is 11.7. The average Bonchev–Trinajstić information content (AvgIpc) is 3.02. The molecule has 4 rings (SSSR count). The van der Waals surface area contributed by atoms with Crippen LogP contribution in [0.4, 0.5) is 5.69 Å². The van der Waals surface area contributed by atoms with Crippen LogP contribution in [-0.2, 0) is 16.1 Å². The number of rotatable bonds is 9. The molecule has 0 spiro atoms. The molecule has 0 saturated carbocycles. The molecule has 0 fully saturated rings. The third kappa shape index (κ3) is 5.50. The number of carbonyl (C=O) groups excluding carboxylic acids is 1. The van der Waals surface area contributed by atoms with E-state index in [1.165, 1.54) is 0 Å². The Kier molecular flexibility index (Phi) is 8.61. The second-order valence-electron chi connectivity index (χ2n) is 8.56. The van der Waals surface area contributed by atoms with Crippen molar-refractivity contribution in [2.24, 2.45) is 5.73 Å². The van der Waals surface area contributed by atoms with Crippen LogP contribution in [0.3, 0.4) is 0 Å². The van der Waals surface area contributed by atoms with Crippen LogP contribution in [-0.4, -0.2) is 45.4 Å². The normalized spacial score (nSPS) is 16.9. The second-order valence-corrected chi connectivity index (χ2v) is 9.52. The zero-order valence-corrected chi connectivity index (χ0v) is 23.1. The number of para-hydroxylation sites is 1. The van der Waals surface area contributed by atoms with E-state index in [2.05, 4.69) is 0 Å². The highest BCUT2D eigenvalue weighted by Gasteiger charge is 2.38. The summed E-state index contributed by atoms with van der Waals surface area (Å²) in [5.41, 5.74) is 8.65. The van der Waals surface area contributed by atoms with Gasteiger partial charge in [-0.3, -0.25) is 4.79 Å². The van der Waals surface area contributed by atoms with E-state index < -0.39 is 12.2 Å². The number of anilines is 1. The van der Waals surface area contributed by atoms with Crippen LogP contribution in [0.2, 0.25) is 5.02 Å². The van der Waals surface area contributed by atoms with E-state index in [-0.39, 0.29) is 23.9 Å². The van der Waals surface area contributed by atoms with Crippen LogP contribution in [0, 0.1) is 0 Å². The quantitative estimate of drug-likeness (QED) is 0.365. The maximum atomic E-state index is 14.0. The Morgan fingerprint density at radius 2 is 1.74 bits per heavy atom. The van der Waals surface area contributed by atoms with Gasteiger partial charge in [-0.05, 0) is 36.4 Å². The fourth-order valence-corrected chi connectivity index (χ4v) is 4.89. The predicted octanol–water partition coefficient (Wildman–Crippen LogP) is 5.07. The van der Waals surface area contributed by atoms with Crippen LogP contribution in [0.5, 0.6) is 23.0 Å². The summed E-state index contributed by atoms with van der Waals surface area (Å²) in [5, 5.41) is 0.487. The molecule has 8 nitrogen and oxygen atoms in total. The Morgan fingerprint density at radius 1 is 0.974 bits per heavy atom. The molecule has 0 radical (unpaired) electrons. The van der Waals surface area contributed by atoms with Crippen molar-refractivity contribution in [1.82, 2.24) is 0 Å². The molecule has 0 saturated heterocycles. The van der Waals surface area contributed by atoms with E-state index in [1.807, 2.05) is 24.3 Å². The van der Waals surface area contributed by atoms with Crippen LogP contribution < -0.4 is 29.6 Å². The molecule has 0 unspecified atom stereocenters. The van der Waals surface area contributed by atoms with Crippen molar-refractivity contribution in [3.05, 3.63) is 76.3 Å². The Bertz CT molecular complexity index is 1350. The van der Waals surface area contributed by atoms with Gasteiger partial charge in [0.25, 0.3) is 5.91 Å². The number of nitrogens with zero attached hydrogens (tertiary/aromatic N) is 1. The number of fused-ring (bicyclic) bond motifs is 1.